The van der Waals surface area contributed by atoms with Crippen LogP contribution in [0.3, 0.4) is 0 Å². The van der Waals surface area contributed by atoms with Gasteiger partial charge in [-0.3, -0.25) is 0 Å². The van der Waals surface area contributed by atoms with Crippen LogP contribution < -0.4 is 0 Å². The first-order chi connectivity index (χ1) is 7.18. The van der Waals surface area contributed by atoms with E-state index >= 15 is 0 Å². The molecular weight excluding hydrogens is 188 g/mol. The monoisotopic (exact) mass is 202 g/mol. The van der Waals surface area contributed by atoms with E-state index in [0.717, 1.165) is 12.8 Å². The van der Waals surface area contributed by atoms with Gasteiger partial charge in [-0.15, -0.1) is 0 Å². The molecule has 1 aliphatic rings. The second-order valence-electron chi connectivity index (χ2n) is 4.05. The Morgan fingerprint density at radius 1 is 1.47 bits per heavy atom. The number of aryl methyl sites for hydroxylation is 1. The van der Waals surface area contributed by atoms with Crippen LogP contribution in [0.1, 0.15) is 29.9 Å². The van der Waals surface area contributed by atoms with Crippen molar-refractivity contribution in [2.45, 2.75) is 25.2 Å². The number of carboxylic acid groups (broad SMARTS) is 1. The molecule has 15 heavy (non-hydrogen) atoms. The van der Waals surface area contributed by atoms with E-state index in [1.54, 1.807) is 0 Å². The molecule has 0 fully saturated rings. The van der Waals surface area contributed by atoms with Crippen LogP contribution in [0.15, 0.2) is 36.4 Å². The number of benzene rings is 1. The van der Waals surface area contributed by atoms with Gasteiger partial charge < -0.3 is 5.11 Å². The van der Waals surface area contributed by atoms with Gasteiger partial charge in [0.15, 0.2) is 0 Å². The standard InChI is InChI=1S/C13H14O2/c1-9(13(14)15)8-11-7-6-10-4-2-3-5-12(10)11/h2-5,11H,1,6-8H2,(H,14,15). The van der Waals surface area contributed by atoms with Crippen molar-refractivity contribution in [2.24, 2.45) is 0 Å². The zero-order valence-corrected chi connectivity index (χ0v) is 8.57. The van der Waals surface area contributed by atoms with Crippen molar-refractivity contribution in [1.82, 2.24) is 0 Å². The molecule has 2 rings (SSSR count). The lowest BCUT2D eigenvalue weighted by Gasteiger charge is -2.10. The number of fused-ring (bicyclic) bond motifs is 1. The number of aliphatic carboxylic acids is 1. The van der Waals surface area contributed by atoms with Gasteiger partial charge in [0, 0.05) is 5.57 Å². The van der Waals surface area contributed by atoms with Crippen LogP contribution in [0.2, 0.25) is 0 Å². The Morgan fingerprint density at radius 2 is 2.20 bits per heavy atom. The quantitative estimate of drug-likeness (QED) is 0.765. The smallest absolute Gasteiger partial charge is 0.330 e. The third kappa shape index (κ3) is 1.94. The highest BCUT2D eigenvalue weighted by atomic mass is 16.4. The molecule has 1 atom stereocenters. The fourth-order valence-electron chi connectivity index (χ4n) is 2.24. The van der Waals surface area contributed by atoms with E-state index in [1.165, 1.54) is 11.1 Å². The van der Waals surface area contributed by atoms with Gasteiger partial charge in [0.25, 0.3) is 0 Å². The van der Waals surface area contributed by atoms with Gasteiger partial charge in [-0.2, -0.15) is 0 Å². The number of rotatable bonds is 3. The van der Waals surface area contributed by atoms with Crippen LogP contribution in [0.5, 0.6) is 0 Å². The molecule has 0 heterocycles. The maximum Gasteiger partial charge on any atom is 0.330 e. The lowest BCUT2D eigenvalue weighted by Crippen LogP contribution is -2.03. The molecule has 0 aromatic heterocycles. The van der Waals surface area contributed by atoms with Gasteiger partial charge in [-0.05, 0) is 36.3 Å². The first-order valence-electron chi connectivity index (χ1n) is 5.17. The van der Waals surface area contributed by atoms with Gasteiger partial charge in [-0.25, -0.2) is 4.79 Å². The fraction of sp³-hybridized carbons (Fsp3) is 0.308. The summed E-state index contributed by atoms with van der Waals surface area (Å²) in [6.07, 6.45) is 2.69. The van der Waals surface area contributed by atoms with Crippen LogP contribution >= 0.6 is 0 Å². The average Bonchev–Trinajstić information content (AvgIpc) is 2.62. The van der Waals surface area contributed by atoms with Crippen molar-refractivity contribution in [3.63, 3.8) is 0 Å². The van der Waals surface area contributed by atoms with Gasteiger partial charge >= 0.3 is 5.97 Å². The first-order valence-corrected chi connectivity index (χ1v) is 5.17. The maximum atomic E-state index is 10.7. The van der Waals surface area contributed by atoms with E-state index in [-0.39, 0.29) is 0 Å². The van der Waals surface area contributed by atoms with Crippen molar-refractivity contribution < 1.29 is 9.90 Å². The molecule has 1 aromatic rings. The van der Waals surface area contributed by atoms with Crippen LogP contribution in [0.25, 0.3) is 0 Å². The molecule has 1 unspecified atom stereocenters. The molecule has 2 nitrogen and oxygen atoms in total. The molecule has 1 aliphatic carbocycles. The molecule has 0 radical (unpaired) electrons. The average molecular weight is 202 g/mol. The summed E-state index contributed by atoms with van der Waals surface area (Å²) in [5, 5.41) is 8.79. The van der Waals surface area contributed by atoms with Crippen molar-refractivity contribution in [1.29, 1.82) is 0 Å². The van der Waals surface area contributed by atoms with E-state index in [9.17, 15) is 4.79 Å². The molecule has 0 aliphatic heterocycles. The van der Waals surface area contributed by atoms with Crippen molar-refractivity contribution >= 4 is 5.97 Å². The molecule has 0 amide bonds. The Hall–Kier alpha value is -1.57. The minimum atomic E-state index is -0.876. The van der Waals surface area contributed by atoms with Gasteiger partial charge in [0.1, 0.15) is 0 Å². The highest BCUT2D eigenvalue weighted by Crippen LogP contribution is 2.36. The van der Waals surface area contributed by atoms with Gasteiger partial charge in [0.05, 0.1) is 0 Å². The molecular formula is C13H14O2. The van der Waals surface area contributed by atoms with Crippen LogP contribution in [0, 0.1) is 0 Å². The molecule has 0 saturated heterocycles. The van der Waals surface area contributed by atoms with Gasteiger partial charge in [-0.1, -0.05) is 30.8 Å². The topological polar surface area (TPSA) is 37.3 Å². The van der Waals surface area contributed by atoms with E-state index in [1.807, 2.05) is 12.1 Å². The molecule has 1 aromatic carbocycles. The summed E-state index contributed by atoms with van der Waals surface area (Å²) in [6, 6.07) is 8.27. The van der Waals surface area contributed by atoms with E-state index in [0.29, 0.717) is 17.9 Å². The maximum absolute atomic E-state index is 10.7. The van der Waals surface area contributed by atoms with Crippen LogP contribution in [-0.2, 0) is 11.2 Å². The zero-order chi connectivity index (χ0) is 10.8. The Labute approximate surface area is 89.2 Å². The summed E-state index contributed by atoms with van der Waals surface area (Å²) in [5.41, 5.74) is 2.98. The Morgan fingerprint density at radius 3 is 2.93 bits per heavy atom. The van der Waals surface area contributed by atoms with E-state index in [2.05, 4.69) is 18.7 Å². The first kappa shape index (κ1) is 9.97. The SMILES string of the molecule is C=C(CC1CCc2ccccc21)C(=O)O. The molecule has 78 valence electrons. The Kier molecular flexibility index (Phi) is 2.58. The van der Waals surface area contributed by atoms with E-state index in [4.69, 9.17) is 5.11 Å². The molecule has 1 N–H and O–H groups in total. The summed E-state index contributed by atoms with van der Waals surface area (Å²) in [4.78, 5) is 10.7. The van der Waals surface area contributed by atoms with Crippen molar-refractivity contribution in [2.75, 3.05) is 0 Å². The van der Waals surface area contributed by atoms with Crippen molar-refractivity contribution in [3.8, 4) is 0 Å². The molecule has 0 spiro atoms. The third-order valence-electron chi connectivity index (χ3n) is 3.05. The van der Waals surface area contributed by atoms with Crippen LogP contribution in [-0.4, -0.2) is 11.1 Å². The lowest BCUT2D eigenvalue weighted by atomic mass is 9.94. The number of hydrogen-bond donors (Lipinski definition) is 1. The Bertz CT molecular complexity index is 407. The number of carboxylic acids is 1. The highest BCUT2D eigenvalue weighted by Gasteiger charge is 2.23. The summed E-state index contributed by atoms with van der Waals surface area (Å²) >= 11 is 0. The second kappa shape index (κ2) is 3.89. The number of carbonyl (C=O) groups is 1. The van der Waals surface area contributed by atoms with Gasteiger partial charge in [0.2, 0.25) is 0 Å². The summed E-state index contributed by atoms with van der Waals surface area (Å²) < 4.78 is 0. The summed E-state index contributed by atoms with van der Waals surface area (Å²) in [7, 11) is 0. The van der Waals surface area contributed by atoms with E-state index < -0.39 is 5.97 Å². The second-order valence-corrected chi connectivity index (χ2v) is 4.05. The third-order valence-corrected chi connectivity index (χ3v) is 3.05. The summed E-state index contributed by atoms with van der Waals surface area (Å²) in [6.45, 7) is 3.59. The number of hydrogen-bond acceptors (Lipinski definition) is 1. The molecule has 2 heteroatoms. The Balaban J connectivity index is 2.14. The normalized spacial score (nSPS) is 18.5. The minimum absolute atomic E-state index is 0.316. The lowest BCUT2D eigenvalue weighted by molar-refractivity contribution is -0.132. The molecule has 0 bridgehead atoms. The van der Waals surface area contributed by atoms with Crippen molar-refractivity contribution in [3.05, 3.63) is 47.5 Å². The minimum Gasteiger partial charge on any atom is -0.478 e. The highest BCUT2D eigenvalue weighted by molar-refractivity contribution is 5.85. The predicted octanol–water partition coefficient (Wildman–Crippen LogP) is 2.75. The largest absolute Gasteiger partial charge is 0.478 e. The zero-order valence-electron chi connectivity index (χ0n) is 8.57. The fourth-order valence-corrected chi connectivity index (χ4v) is 2.24. The molecule has 0 saturated carbocycles. The van der Waals surface area contributed by atoms with Crippen LogP contribution in [0.4, 0.5) is 0 Å². The predicted molar refractivity (Wildman–Crippen MR) is 58.9 cm³/mol. The summed E-state index contributed by atoms with van der Waals surface area (Å²) in [5.74, 6) is -0.524.